The Hall–Kier alpha value is -0.240. The van der Waals surface area contributed by atoms with Gasteiger partial charge in [-0.15, -0.1) is 12.4 Å². The Morgan fingerprint density at radius 2 is 2.00 bits per heavy atom. The van der Waals surface area contributed by atoms with Crippen molar-refractivity contribution < 1.29 is 14.6 Å². The number of rotatable bonds is 5. The van der Waals surface area contributed by atoms with Crippen molar-refractivity contribution in [1.29, 1.82) is 0 Å². The summed E-state index contributed by atoms with van der Waals surface area (Å²) >= 11 is 2.17. The molecular formula is C11H17ClINO3. The molecule has 0 radical (unpaired) electrons. The van der Waals surface area contributed by atoms with Gasteiger partial charge in [-0.1, -0.05) is 0 Å². The molecule has 0 spiro atoms. The van der Waals surface area contributed by atoms with Crippen LogP contribution in [-0.4, -0.2) is 25.9 Å². The standard InChI is InChI=1S/C11H16INO3.ClH/c1-15-10-6-7(9(13)3-4-14)5-8(12)11(10)16-2;/h5-6,9,14H,3-4,13H2,1-2H3;1H. The first-order valence-corrected chi connectivity index (χ1v) is 5.99. The molecule has 1 atom stereocenters. The van der Waals surface area contributed by atoms with Crippen LogP contribution in [0.15, 0.2) is 12.1 Å². The van der Waals surface area contributed by atoms with Gasteiger partial charge in [0, 0.05) is 12.6 Å². The van der Waals surface area contributed by atoms with Crippen LogP contribution in [0, 0.1) is 3.57 Å². The van der Waals surface area contributed by atoms with E-state index in [1.54, 1.807) is 14.2 Å². The first-order valence-electron chi connectivity index (χ1n) is 4.91. The number of nitrogens with two attached hydrogens (primary N) is 1. The smallest absolute Gasteiger partial charge is 0.174 e. The molecule has 1 unspecified atom stereocenters. The van der Waals surface area contributed by atoms with Crippen LogP contribution in [0.4, 0.5) is 0 Å². The summed E-state index contributed by atoms with van der Waals surface area (Å²) in [7, 11) is 3.20. The molecule has 3 N–H and O–H groups in total. The van der Waals surface area contributed by atoms with Gasteiger partial charge in [0.15, 0.2) is 11.5 Å². The first kappa shape index (κ1) is 16.8. The van der Waals surface area contributed by atoms with Gasteiger partial charge in [-0.05, 0) is 46.7 Å². The van der Waals surface area contributed by atoms with E-state index in [1.165, 1.54) is 0 Å². The van der Waals surface area contributed by atoms with Crippen molar-refractivity contribution >= 4 is 35.0 Å². The van der Waals surface area contributed by atoms with Crippen LogP contribution in [0.2, 0.25) is 0 Å². The highest BCUT2D eigenvalue weighted by Gasteiger charge is 2.14. The molecule has 0 aromatic heterocycles. The minimum atomic E-state index is -0.182. The largest absolute Gasteiger partial charge is 0.493 e. The second-order valence-corrected chi connectivity index (χ2v) is 4.52. The monoisotopic (exact) mass is 373 g/mol. The Balaban J connectivity index is 0.00000256. The normalized spacial score (nSPS) is 11.6. The summed E-state index contributed by atoms with van der Waals surface area (Å²) in [5.74, 6) is 1.38. The predicted molar refractivity (Wildman–Crippen MR) is 78.1 cm³/mol. The maximum atomic E-state index is 8.86. The molecule has 0 fully saturated rings. The number of aliphatic hydroxyl groups is 1. The third-order valence-corrected chi connectivity index (χ3v) is 3.13. The number of hydrogen-bond donors (Lipinski definition) is 2. The molecule has 17 heavy (non-hydrogen) atoms. The van der Waals surface area contributed by atoms with Crippen molar-refractivity contribution in [1.82, 2.24) is 0 Å². The fourth-order valence-corrected chi connectivity index (χ4v) is 2.30. The zero-order valence-corrected chi connectivity index (χ0v) is 12.7. The van der Waals surface area contributed by atoms with Gasteiger partial charge in [0.25, 0.3) is 0 Å². The minimum Gasteiger partial charge on any atom is -0.493 e. The van der Waals surface area contributed by atoms with E-state index in [0.29, 0.717) is 17.9 Å². The van der Waals surface area contributed by atoms with Crippen molar-refractivity contribution in [3.05, 3.63) is 21.3 Å². The number of ether oxygens (including phenoxy) is 2. The van der Waals surface area contributed by atoms with Crippen molar-refractivity contribution in [3.63, 3.8) is 0 Å². The highest BCUT2D eigenvalue weighted by molar-refractivity contribution is 14.1. The first-order chi connectivity index (χ1) is 7.63. The lowest BCUT2D eigenvalue weighted by Crippen LogP contribution is -2.12. The molecule has 4 nitrogen and oxygen atoms in total. The maximum absolute atomic E-state index is 8.86. The summed E-state index contributed by atoms with van der Waals surface area (Å²) in [5.41, 5.74) is 6.87. The van der Waals surface area contributed by atoms with Crippen molar-refractivity contribution in [3.8, 4) is 11.5 Å². The molecule has 98 valence electrons. The van der Waals surface area contributed by atoms with Crippen LogP contribution in [0.25, 0.3) is 0 Å². The molecular weight excluding hydrogens is 356 g/mol. The number of benzene rings is 1. The summed E-state index contributed by atoms with van der Waals surface area (Å²) in [6.45, 7) is 0.0755. The van der Waals surface area contributed by atoms with Gasteiger partial charge in [0.2, 0.25) is 0 Å². The second kappa shape index (κ2) is 7.97. The fraction of sp³-hybridized carbons (Fsp3) is 0.455. The zero-order valence-electron chi connectivity index (χ0n) is 9.77. The van der Waals surface area contributed by atoms with Crippen LogP contribution in [0.3, 0.4) is 0 Å². The van der Waals surface area contributed by atoms with E-state index < -0.39 is 0 Å². The summed E-state index contributed by atoms with van der Waals surface area (Å²) in [6, 6.07) is 3.61. The van der Waals surface area contributed by atoms with Gasteiger partial charge in [-0.2, -0.15) is 0 Å². The van der Waals surface area contributed by atoms with Crippen LogP contribution >= 0.6 is 35.0 Å². The Labute approximate surface area is 121 Å². The van der Waals surface area contributed by atoms with Crippen molar-refractivity contribution in [2.24, 2.45) is 5.73 Å². The lowest BCUT2D eigenvalue weighted by atomic mass is 10.0. The van der Waals surface area contributed by atoms with Gasteiger partial charge in [0.05, 0.1) is 17.8 Å². The highest BCUT2D eigenvalue weighted by Crippen LogP contribution is 2.35. The van der Waals surface area contributed by atoms with E-state index in [4.69, 9.17) is 20.3 Å². The molecule has 0 saturated heterocycles. The Bertz CT molecular complexity index is 363. The average molecular weight is 374 g/mol. The second-order valence-electron chi connectivity index (χ2n) is 3.36. The Kier molecular flexibility index (Phi) is 7.85. The summed E-state index contributed by atoms with van der Waals surface area (Å²) in [6.07, 6.45) is 0.533. The van der Waals surface area contributed by atoms with Crippen LogP contribution in [0.1, 0.15) is 18.0 Å². The summed E-state index contributed by atoms with van der Waals surface area (Å²) < 4.78 is 11.4. The van der Waals surface area contributed by atoms with E-state index in [1.807, 2.05) is 12.1 Å². The van der Waals surface area contributed by atoms with E-state index >= 15 is 0 Å². The van der Waals surface area contributed by atoms with Gasteiger partial charge >= 0.3 is 0 Å². The average Bonchev–Trinajstić information content (AvgIpc) is 2.28. The molecule has 0 amide bonds. The van der Waals surface area contributed by atoms with Crippen LogP contribution < -0.4 is 15.2 Å². The lowest BCUT2D eigenvalue weighted by molar-refractivity contribution is 0.276. The van der Waals surface area contributed by atoms with Crippen LogP contribution in [0.5, 0.6) is 11.5 Å². The molecule has 0 aliphatic heterocycles. The van der Waals surface area contributed by atoms with Crippen molar-refractivity contribution in [2.45, 2.75) is 12.5 Å². The van der Waals surface area contributed by atoms with E-state index in [9.17, 15) is 0 Å². The molecule has 1 rings (SSSR count). The molecule has 0 aliphatic carbocycles. The molecule has 0 bridgehead atoms. The third-order valence-electron chi connectivity index (χ3n) is 2.32. The third kappa shape index (κ3) is 4.17. The topological polar surface area (TPSA) is 64.7 Å². The van der Waals surface area contributed by atoms with Gasteiger partial charge in [-0.25, -0.2) is 0 Å². The minimum absolute atomic E-state index is 0. The number of methoxy groups -OCH3 is 2. The highest BCUT2D eigenvalue weighted by atomic mass is 127. The number of halogens is 2. The SMILES string of the molecule is COc1cc(C(N)CCO)cc(I)c1OC.Cl. The number of aliphatic hydroxyl groups excluding tert-OH is 1. The lowest BCUT2D eigenvalue weighted by Gasteiger charge is -2.15. The zero-order chi connectivity index (χ0) is 12.1. The Morgan fingerprint density at radius 1 is 1.35 bits per heavy atom. The van der Waals surface area contributed by atoms with Gasteiger partial charge < -0.3 is 20.3 Å². The molecule has 1 aromatic rings. The van der Waals surface area contributed by atoms with Gasteiger partial charge in [-0.3, -0.25) is 0 Å². The van der Waals surface area contributed by atoms with E-state index in [0.717, 1.165) is 9.13 Å². The van der Waals surface area contributed by atoms with Gasteiger partial charge in [0.1, 0.15) is 0 Å². The van der Waals surface area contributed by atoms with Crippen molar-refractivity contribution in [2.75, 3.05) is 20.8 Å². The van der Waals surface area contributed by atoms with Crippen LogP contribution in [-0.2, 0) is 0 Å². The molecule has 0 saturated carbocycles. The summed E-state index contributed by atoms with van der Waals surface area (Å²) in [5, 5.41) is 8.86. The molecule has 6 heteroatoms. The maximum Gasteiger partial charge on any atom is 0.174 e. The Morgan fingerprint density at radius 3 is 2.47 bits per heavy atom. The predicted octanol–water partition coefficient (Wildman–Crippen LogP) is 2.11. The number of hydrogen-bond acceptors (Lipinski definition) is 4. The van der Waals surface area contributed by atoms with E-state index in [2.05, 4.69) is 22.6 Å². The molecule has 0 heterocycles. The molecule has 0 aliphatic rings. The fourth-order valence-electron chi connectivity index (χ4n) is 1.46. The summed E-state index contributed by atoms with van der Waals surface area (Å²) in [4.78, 5) is 0. The van der Waals surface area contributed by atoms with E-state index in [-0.39, 0.29) is 25.1 Å². The quantitative estimate of drug-likeness (QED) is 0.776. The molecule has 1 aromatic carbocycles.